The number of rotatable bonds is 8. The smallest absolute Gasteiger partial charge is 0.319 e. The molecule has 2 N–H and O–H groups in total. The van der Waals surface area contributed by atoms with E-state index in [4.69, 9.17) is 9.15 Å². The molecule has 0 saturated carbocycles. The van der Waals surface area contributed by atoms with E-state index in [1.54, 1.807) is 25.3 Å². The van der Waals surface area contributed by atoms with Crippen LogP contribution in [-0.2, 0) is 21.2 Å². The first-order chi connectivity index (χ1) is 11.9. The van der Waals surface area contributed by atoms with Crippen molar-refractivity contribution in [2.75, 3.05) is 24.7 Å². The minimum atomic E-state index is -3.32. The number of hydrogen-bond acceptors (Lipinski definition) is 5. The van der Waals surface area contributed by atoms with Crippen LogP contribution in [-0.4, -0.2) is 33.9 Å². The van der Waals surface area contributed by atoms with E-state index < -0.39 is 9.84 Å². The van der Waals surface area contributed by atoms with Gasteiger partial charge < -0.3 is 19.8 Å². The van der Waals surface area contributed by atoms with Crippen LogP contribution >= 0.6 is 0 Å². The Morgan fingerprint density at radius 1 is 1.28 bits per heavy atom. The van der Waals surface area contributed by atoms with Gasteiger partial charge in [-0.3, -0.25) is 0 Å². The van der Waals surface area contributed by atoms with Gasteiger partial charge in [0.05, 0.1) is 11.2 Å². The number of nitrogens with one attached hydrogen (secondary N) is 2. The van der Waals surface area contributed by atoms with E-state index >= 15 is 0 Å². The lowest BCUT2D eigenvalue weighted by Crippen LogP contribution is -2.30. The first kappa shape index (κ1) is 19.0. The average Bonchev–Trinajstić information content (AvgIpc) is 3.05. The van der Waals surface area contributed by atoms with Crippen LogP contribution in [0.2, 0.25) is 0 Å². The molecule has 25 heavy (non-hydrogen) atoms. The van der Waals surface area contributed by atoms with Crippen molar-refractivity contribution in [3.8, 4) is 0 Å². The van der Waals surface area contributed by atoms with Crippen molar-refractivity contribution in [1.29, 1.82) is 0 Å². The van der Waals surface area contributed by atoms with Crippen LogP contribution in [0.5, 0.6) is 0 Å². The molecular weight excluding hydrogens is 344 g/mol. The Kier molecular flexibility index (Phi) is 6.60. The minimum Gasteiger partial charge on any atom is -0.467 e. The average molecular weight is 366 g/mol. The molecule has 0 saturated heterocycles. The number of urea groups is 1. The van der Waals surface area contributed by atoms with Crippen LogP contribution in [0.4, 0.5) is 10.5 Å². The highest BCUT2D eigenvalue weighted by molar-refractivity contribution is 7.90. The molecule has 0 fully saturated rings. The molecule has 8 heteroatoms. The molecule has 2 aromatic rings. The van der Waals surface area contributed by atoms with Crippen LogP contribution in [0.1, 0.15) is 17.7 Å². The van der Waals surface area contributed by atoms with E-state index in [2.05, 4.69) is 10.6 Å². The van der Waals surface area contributed by atoms with Crippen molar-refractivity contribution in [3.63, 3.8) is 0 Å². The third kappa shape index (κ3) is 6.24. The van der Waals surface area contributed by atoms with E-state index in [9.17, 15) is 13.2 Å². The molecule has 1 aromatic carbocycles. The molecular formula is C17H22N2O5S. The van der Waals surface area contributed by atoms with Gasteiger partial charge in [-0.1, -0.05) is 6.07 Å². The number of carbonyl (C=O) groups excluding carboxylic acids is 1. The lowest BCUT2D eigenvalue weighted by molar-refractivity contribution is 0.104. The lowest BCUT2D eigenvalue weighted by atomic mass is 10.2. The highest BCUT2D eigenvalue weighted by Crippen LogP contribution is 2.20. The maximum Gasteiger partial charge on any atom is 0.319 e. The van der Waals surface area contributed by atoms with Crippen molar-refractivity contribution in [2.24, 2.45) is 0 Å². The molecule has 1 heterocycles. The van der Waals surface area contributed by atoms with Gasteiger partial charge >= 0.3 is 6.03 Å². The van der Waals surface area contributed by atoms with E-state index in [0.717, 1.165) is 17.6 Å². The molecule has 7 nitrogen and oxygen atoms in total. The summed E-state index contributed by atoms with van der Waals surface area (Å²) in [7, 11) is -3.32. The van der Waals surface area contributed by atoms with Gasteiger partial charge in [0.25, 0.3) is 0 Å². The normalized spacial score (nSPS) is 11.3. The van der Waals surface area contributed by atoms with E-state index in [1.165, 1.54) is 12.1 Å². The molecule has 136 valence electrons. The third-order valence-electron chi connectivity index (χ3n) is 3.46. The Labute approximate surface area is 147 Å². The SMILES string of the molecule is Cc1ccc(S(C)(=O)=O)cc1NC(=O)NCCCOCc1ccco1. The van der Waals surface area contributed by atoms with E-state index in [-0.39, 0.29) is 10.9 Å². The number of sulfone groups is 1. The molecule has 2 rings (SSSR count). The predicted octanol–water partition coefficient (Wildman–Crippen LogP) is 2.72. The number of carbonyl (C=O) groups is 1. The summed E-state index contributed by atoms with van der Waals surface area (Å²) in [5.74, 6) is 0.756. The fraction of sp³-hybridized carbons (Fsp3) is 0.353. The van der Waals surface area contributed by atoms with E-state index in [0.29, 0.717) is 31.9 Å². The number of benzene rings is 1. The maximum absolute atomic E-state index is 11.9. The van der Waals surface area contributed by atoms with Gasteiger partial charge in [0.15, 0.2) is 9.84 Å². The summed E-state index contributed by atoms with van der Waals surface area (Å²) in [5, 5.41) is 5.37. The van der Waals surface area contributed by atoms with Gasteiger partial charge in [0, 0.05) is 25.1 Å². The number of aryl methyl sites for hydroxylation is 1. The zero-order valence-electron chi connectivity index (χ0n) is 14.2. The number of furan rings is 1. The second-order valence-electron chi connectivity index (χ2n) is 5.62. The Balaban J connectivity index is 1.73. The zero-order chi connectivity index (χ0) is 18.3. The third-order valence-corrected chi connectivity index (χ3v) is 4.57. The Morgan fingerprint density at radius 2 is 2.08 bits per heavy atom. The fourth-order valence-electron chi connectivity index (χ4n) is 2.08. The largest absolute Gasteiger partial charge is 0.467 e. The molecule has 0 aliphatic carbocycles. The van der Waals surface area contributed by atoms with Crippen LogP contribution in [0.15, 0.2) is 45.9 Å². The second kappa shape index (κ2) is 8.68. The van der Waals surface area contributed by atoms with Crippen LogP contribution < -0.4 is 10.6 Å². The summed E-state index contributed by atoms with van der Waals surface area (Å²) in [5.41, 5.74) is 1.25. The summed E-state index contributed by atoms with van der Waals surface area (Å²) in [6.07, 6.45) is 3.37. The van der Waals surface area contributed by atoms with Gasteiger partial charge in [-0.25, -0.2) is 13.2 Å². The Morgan fingerprint density at radius 3 is 2.76 bits per heavy atom. The molecule has 1 aromatic heterocycles. The van der Waals surface area contributed by atoms with Crippen molar-refractivity contribution < 1.29 is 22.4 Å². The molecule has 0 atom stereocenters. The summed E-state index contributed by atoms with van der Waals surface area (Å²) in [6, 6.07) is 7.87. The van der Waals surface area contributed by atoms with Crippen molar-refractivity contribution in [2.45, 2.75) is 24.8 Å². The van der Waals surface area contributed by atoms with Crippen LogP contribution in [0, 0.1) is 6.92 Å². The number of anilines is 1. The monoisotopic (exact) mass is 366 g/mol. The number of amides is 2. The van der Waals surface area contributed by atoms with Crippen LogP contribution in [0.25, 0.3) is 0 Å². The summed E-state index contributed by atoms with van der Waals surface area (Å²) in [6.45, 7) is 3.12. The first-order valence-electron chi connectivity index (χ1n) is 7.82. The van der Waals surface area contributed by atoms with Crippen molar-refractivity contribution in [3.05, 3.63) is 47.9 Å². The standard InChI is InChI=1S/C17H22N2O5S/c1-13-6-7-15(25(2,21)22)11-16(13)19-17(20)18-8-4-9-23-12-14-5-3-10-24-14/h3,5-7,10-11H,4,8-9,12H2,1-2H3,(H2,18,19,20). The maximum atomic E-state index is 11.9. The highest BCUT2D eigenvalue weighted by Gasteiger charge is 2.11. The minimum absolute atomic E-state index is 0.166. The Hall–Kier alpha value is -2.32. The molecule has 0 radical (unpaired) electrons. The quantitative estimate of drug-likeness (QED) is 0.700. The van der Waals surface area contributed by atoms with Crippen molar-refractivity contribution >= 4 is 21.6 Å². The molecule has 0 bridgehead atoms. The predicted molar refractivity (Wildman–Crippen MR) is 94.3 cm³/mol. The van der Waals surface area contributed by atoms with Gasteiger partial charge in [0.1, 0.15) is 12.4 Å². The summed E-state index contributed by atoms with van der Waals surface area (Å²) < 4.78 is 33.7. The fourth-order valence-corrected chi connectivity index (χ4v) is 2.72. The molecule has 0 aliphatic heterocycles. The van der Waals surface area contributed by atoms with Gasteiger partial charge in [-0.15, -0.1) is 0 Å². The zero-order valence-corrected chi connectivity index (χ0v) is 15.1. The first-order valence-corrected chi connectivity index (χ1v) is 9.71. The molecule has 0 spiro atoms. The van der Waals surface area contributed by atoms with E-state index in [1.807, 2.05) is 6.07 Å². The van der Waals surface area contributed by atoms with Crippen molar-refractivity contribution in [1.82, 2.24) is 5.32 Å². The Bertz CT molecular complexity index is 800. The molecule has 2 amide bonds. The summed E-state index contributed by atoms with van der Waals surface area (Å²) >= 11 is 0. The van der Waals surface area contributed by atoms with Crippen LogP contribution in [0.3, 0.4) is 0 Å². The number of hydrogen-bond donors (Lipinski definition) is 2. The topological polar surface area (TPSA) is 97.6 Å². The molecule has 0 unspecified atom stereocenters. The van der Waals surface area contributed by atoms with Gasteiger partial charge in [-0.2, -0.15) is 0 Å². The van der Waals surface area contributed by atoms with Gasteiger partial charge in [0.2, 0.25) is 0 Å². The molecule has 0 aliphatic rings. The summed E-state index contributed by atoms with van der Waals surface area (Å²) in [4.78, 5) is 12.1. The lowest BCUT2D eigenvalue weighted by Gasteiger charge is -2.11. The second-order valence-corrected chi connectivity index (χ2v) is 7.63. The van der Waals surface area contributed by atoms with Gasteiger partial charge in [-0.05, 0) is 43.2 Å². The highest BCUT2D eigenvalue weighted by atomic mass is 32.2. The number of ether oxygens (including phenoxy) is 1.